The molecule has 2 rings (SSSR count). The van der Waals surface area contributed by atoms with Crippen molar-refractivity contribution in [1.29, 1.82) is 0 Å². The summed E-state index contributed by atoms with van der Waals surface area (Å²) >= 11 is 0. The minimum absolute atomic E-state index is 0.0337. The fourth-order valence-electron chi connectivity index (χ4n) is 2.51. The topological polar surface area (TPSA) is 92.8 Å². The number of non-ortho nitro benzene ring substituents is 1. The van der Waals surface area contributed by atoms with E-state index >= 15 is 0 Å². The zero-order valence-electron chi connectivity index (χ0n) is 14.0. The number of nitro groups is 1. The maximum Gasteiger partial charge on any atom is 0.269 e. The van der Waals surface area contributed by atoms with Crippen molar-refractivity contribution in [3.05, 3.63) is 64.2 Å². The van der Waals surface area contributed by atoms with E-state index in [0.717, 1.165) is 30.4 Å². The Morgan fingerprint density at radius 3 is 2.08 bits per heavy atom. The van der Waals surface area contributed by atoms with Gasteiger partial charge in [0.1, 0.15) is 5.71 Å². The summed E-state index contributed by atoms with van der Waals surface area (Å²) in [5.74, 6) is -0.283. The van der Waals surface area contributed by atoms with E-state index in [2.05, 4.69) is 12.1 Å². The van der Waals surface area contributed by atoms with Gasteiger partial charge in [-0.25, -0.2) is 0 Å². The van der Waals surface area contributed by atoms with Gasteiger partial charge in [-0.15, -0.1) is 0 Å². The Morgan fingerprint density at radius 2 is 1.60 bits per heavy atom. The summed E-state index contributed by atoms with van der Waals surface area (Å²) in [5, 5.41) is 22.9. The Balaban J connectivity index is 2.13. The first-order valence-electron chi connectivity index (χ1n) is 8.17. The molecule has 2 aromatic rings. The molecule has 2 aromatic carbocycles. The largest absolute Gasteiger partial charge is 0.411 e. The summed E-state index contributed by atoms with van der Waals surface area (Å²) in [6, 6.07) is 13.1. The normalized spacial score (nSPS) is 11.3. The van der Waals surface area contributed by atoms with Gasteiger partial charge in [0.25, 0.3) is 5.69 Å². The second kappa shape index (κ2) is 8.73. The molecule has 0 atom stereocenters. The number of oxime groups is 1. The lowest BCUT2D eigenvalue weighted by atomic mass is 9.99. The van der Waals surface area contributed by atoms with E-state index in [1.165, 1.54) is 12.1 Å². The molecule has 0 fully saturated rings. The number of rotatable bonds is 8. The Hall–Kier alpha value is -3.02. The lowest BCUT2D eigenvalue weighted by molar-refractivity contribution is -0.384. The minimum atomic E-state index is -0.445. The first-order valence-corrected chi connectivity index (χ1v) is 8.17. The third kappa shape index (κ3) is 4.73. The van der Waals surface area contributed by atoms with Crippen LogP contribution in [0.15, 0.2) is 53.7 Å². The van der Waals surface area contributed by atoms with E-state index in [4.69, 9.17) is 5.21 Å². The van der Waals surface area contributed by atoms with Crippen molar-refractivity contribution in [2.75, 3.05) is 0 Å². The summed E-state index contributed by atoms with van der Waals surface area (Å²) in [7, 11) is 0. The molecule has 0 heterocycles. The molecule has 25 heavy (non-hydrogen) atoms. The van der Waals surface area contributed by atoms with Crippen molar-refractivity contribution in [3.8, 4) is 11.1 Å². The minimum Gasteiger partial charge on any atom is -0.411 e. The molecule has 0 unspecified atom stereocenters. The van der Waals surface area contributed by atoms with Gasteiger partial charge in [0.2, 0.25) is 5.78 Å². The summed E-state index contributed by atoms with van der Waals surface area (Å²) in [5.41, 5.74) is 2.32. The molecule has 0 spiro atoms. The third-order valence-electron chi connectivity index (χ3n) is 3.96. The average molecular weight is 340 g/mol. The van der Waals surface area contributed by atoms with Gasteiger partial charge in [-0.3, -0.25) is 14.9 Å². The van der Waals surface area contributed by atoms with E-state index in [1.54, 1.807) is 36.4 Å². The van der Waals surface area contributed by atoms with Crippen LogP contribution >= 0.6 is 0 Å². The molecule has 0 aliphatic rings. The summed E-state index contributed by atoms with van der Waals surface area (Å²) < 4.78 is 0. The highest BCUT2D eigenvalue weighted by Gasteiger charge is 2.14. The van der Waals surface area contributed by atoms with Crippen molar-refractivity contribution in [2.24, 2.45) is 5.16 Å². The molecule has 0 bridgehead atoms. The van der Waals surface area contributed by atoms with Crippen LogP contribution in [-0.4, -0.2) is 21.6 Å². The quantitative estimate of drug-likeness (QED) is 0.185. The van der Waals surface area contributed by atoms with E-state index in [9.17, 15) is 14.9 Å². The van der Waals surface area contributed by atoms with Crippen molar-refractivity contribution in [1.82, 2.24) is 0 Å². The van der Waals surface area contributed by atoms with Gasteiger partial charge in [0.05, 0.1) is 4.92 Å². The summed E-state index contributed by atoms with van der Waals surface area (Å²) in [4.78, 5) is 22.6. The molecule has 0 radical (unpaired) electrons. The molecule has 1 N–H and O–H groups in total. The molecule has 0 aliphatic heterocycles. The Kier molecular flexibility index (Phi) is 6.39. The zero-order chi connectivity index (χ0) is 18.2. The van der Waals surface area contributed by atoms with Crippen LogP contribution in [0.4, 0.5) is 5.69 Å². The van der Waals surface area contributed by atoms with E-state index in [-0.39, 0.29) is 17.2 Å². The molecule has 6 heteroatoms. The summed E-state index contributed by atoms with van der Waals surface area (Å²) in [6.07, 6.45) is 3.26. The fourth-order valence-corrected chi connectivity index (χ4v) is 2.51. The first-order chi connectivity index (χ1) is 12.1. The lowest BCUT2D eigenvalue weighted by Gasteiger charge is -2.06. The smallest absolute Gasteiger partial charge is 0.269 e. The van der Waals surface area contributed by atoms with Crippen LogP contribution in [0.5, 0.6) is 0 Å². The Bertz CT molecular complexity index is 765. The number of carbonyl (C=O) groups excluding carboxylic acids is 1. The Labute approximate surface area is 146 Å². The number of carbonyl (C=O) groups is 1. The molecule has 0 amide bonds. The number of Topliss-reactive ketones (excluding diaryl/α,β-unsaturated/α-hetero) is 1. The SMILES string of the molecule is CCCCCC(=NO)C(=O)c1ccc(-c2ccc([N+](=O)[O-])cc2)cc1. The highest BCUT2D eigenvalue weighted by molar-refractivity contribution is 6.45. The van der Waals surface area contributed by atoms with Gasteiger partial charge in [-0.05, 0) is 36.1 Å². The lowest BCUT2D eigenvalue weighted by Crippen LogP contribution is -2.14. The van der Waals surface area contributed by atoms with E-state index < -0.39 is 4.92 Å². The van der Waals surface area contributed by atoms with Gasteiger partial charge >= 0.3 is 0 Å². The van der Waals surface area contributed by atoms with Crippen LogP contribution in [0.2, 0.25) is 0 Å². The average Bonchev–Trinajstić information content (AvgIpc) is 2.65. The standard InChI is InChI=1S/C19H20N2O4/c1-2-3-4-5-18(20-23)19(22)16-8-6-14(7-9-16)15-10-12-17(13-11-15)21(24)25/h6-13,23H,2-5H2,1H3. The van der Waals surface area contributed by atoms with Crippen molar-refractivity contribution >= 4 is 17.2 Å². The van der Waals surface area contributed by atoms with E-state index in [0.29, 0.717) is 12.0 Å². The molecule has 0 aliphatic carbocycles. The number of hydrogen-bond donors (Lipinski definition) is 1. The highest BCUT2D eigenvalue weighted by atomic mass is 16.6. The monoisotopic (exact) mass is 340 g/mol. The highest BCUT2D eigenvalue weighted by Crippen LogP contribution is 2.23. The molecule has 0 saturated heterocycles. The van der Waals surface area contributed by atoms with Crippen LogP contribution in [0.3, 0.4) is 0 Å². The van der Waals surface area contributed by atoms with Gasteiger partial charge < -0.3 is 5.21 Å². The first kappa shape index (κ1) is 18.3. The number of nitrogens with zero attached hydrogens (tertiary/aromatic N) is 2. The van der Waals surface area contributed by atoms with Crippen LogP contribution in [0, 0.1) is 10.1 Å². The van der Waals surface area contributed by atoms with Crippen molar-refractivity contribution < 1.29 is 14.9 Å². The number of ketones is 1. The Morgan fingerprint density at radius 1 is 1.04 bits per heavy atom. The maximum atomic E-state index is 12.4. The fraction of sp³-hybridized carbons (Fsp3) is 0.263. The predicted molar refractivity (Wildman–Crippen MR) is 96.2 cm³/mol. The van der Waals surface area contributed by atoms with Gasteiger partial charge in [0, 0.05) is 17.7 Å². The molecule has 0 saturated carbocycles. The third-order valence-corrected chi connectivity index (χ3v) is 3.96. The van der Waals surface area contributed by atoms with Crippen LogP contribution in [0.25, 0.3) is 11.1 Å². The molecule has 6 nitrogen and oxygen atoms in total. The van der Waals surface area contributed by atoms with E-state index in [1.807, 2.05) is 0 Å². The molecule has 0 aromatic heterocycles. The van der Waals surface area contributed by atoms with Crippen LogP contribution in [0.1, 0.15) is 43.0 Å². The van der Waals surface area contributed by atoms with Crippen molar-refractivity contribution in [2.45, 2.75) is 32.6 Å². The number of nitro benzene ring substituents is 1. The maximum absolute atomic E-state index is 12.4. The second-order valence-corrected chi connectivity index (χ2v) is 5.71. The second-order valence-electron chi connectivity index (χ2n) is 5.71. The number of unbranched alkanes of at least 4 members (excludes halogenated alkanes) is 2. The zero-order valence-corrected chi connectivity index (χ0v) is 14.0. The van der Waals surface area contributed by atoms with Gasteiger partial charge in [-0.2, -0.15) is 0 Å². The predicted octanol–water partition coefficient (Wildman–Crippen LogP) is 4.86. The summed E-state index contributed by atoms with van der Waals surface area (Å²) in [6.45, 7) is 2.06. The van der Waals surface area contributed by atoms with Crippen LogP contribution < -0.4 is 0 Å². The number of benzene rings is 2. The molecule has 130 valence electrons. The van der Waals surface area contributed by atoms with Crippen molar-refractivity contribution in [3.63, 3.8) is 0 Å². The molecular weight excluding hydrogens is 320 g/mol. The van der Waals surface area contributed by atoms with Gasteiger partial charge in [0.15, 0.2) is 0 Å². The van der Waals surface area contributed by atoms with Gasteiger partial charge in [-0.1, -0.05) is 49.2 Å². The van der Waals surface area contributed by atoms with Crippen LogP contribution in [-0.2, 0) is 0 Å². The number of hydrogen-bond acceptors (Lipinski definition) is 5. The molecular formula is C19H20N2O4.